The lowest BCUT2D eigenvalue weighted by atomic mass is 10.3. The number of carbonyl (C=O) groups is 1. The van der Waals surface area contributed by atoms with E-state index in [9.17, 15) is 4.79 Å². The third-order valence-electron chi connectivity index (χ3n) is 2.85. The molecule has 3 N–H and O–H groups in total. The van der Waals surface area contributed by atoms with Crippen LogP contribution in [0.15, 0.2) is 36.7 Å². The van der Waals surface area contributed by atoms with Gasteiger partial charge in [-0.15, -0.1) is 0 Å². The molecule has 6 heteroatoms. The van der Waals surface area contributed by atoms with Crippen LogP contribution in [0.4, 0.5) is 5.69 Å². The van der Waals surface area contributed by atoms with Crippen LogP contribution in [0, 0.1) is 0 Å². The summed E-state index contributed by atoms with van der Waals surface area (Å²) >= 11 is 0. The van der Waals surface area contributed by atoms with E-state index in [1.54, 1.807) is 6.20 Å². The highest BCUT2D eigenvalue weighted by Gasteiger charge is 2.05. The number of imidazole rings is 1. The fourth-order valence-electron chi connectivity index (χ4n) is 1.74. The molecular formula is C14H18N4O2. The van der Waals surface area contributed by atoms with Crippen LogP contribution in [0.5, 0.6) is 5.75 Å². The smallest absolute Gasteiger partial charge is 0.220 e. The predicted octanol–water partition coefficient (Wildman–Crippen LogP) is 1.29. The van der Waals surface area contributed by atoms with E-state index in [0.29, 0.717) is 12.3 Å². The van der Waals surface area contributed by atoms with E-state index in [1.165, 1.54) is 0 Å². The number of nitrogens with one attached hydrogen (secondary N) is 1. The second-order valence-electron chi connectivity index (χ2n) is 4.37. The second-order valence-corrected chi connectivity index (χ2v) is 4.37. The molecule has 20 heavy (non-hydrogen) atoms. The Morgan fingerprint density at radius 2 is 2.25 bits per heavy atom. The van der Waals surface area contributed by atoms with E-state index in [1.807, 2.05) is 42.1 Å². The molecule has 2 aromatic rings. The number of amides is 1. The number of hydrogen-bond acceptors (Lipinski definition) is 4. The Morgan fingerprint density at radius 3 is 2.95 bits per heavy atom. The lowest BCUT2D eigenvalue weighted by molar-refractivity contribution is -0.118. The first-order valence-electron chi connectivity index (χ1n) is 6.37. The molecule has 0 bridgehead atoms. The van der Waals surface area contributed by atoms with Crippen molar-refractivity contribution >= 4 is 11.6 Å². The van der Waals surface area contributed by atoms with Crippen LogP contribution < -0.4 is 15.8 Å². The summed E-state index contributed by atoms with van der Waals surface area (Å²) in [4.78, 5) is 15.0. The van der Waals surface area contributed by atoms with Crippen LogP contribution in [0.1, 0.15) is 12.2 Å². The number of primary amides is 1. The largest absolute Gasteiger partial charge is 0.491 e. The molecule has 1 amide bonds. The van der Waals surface area contributed by atoms with Gasteiger partial charge >= 0.3 is 0 Å². The molecule has 1 aromatic carbocycles. The van der Waals surface area contributed by atoms with Crippen LogP contribution in [-0.2, 0) is 18.4 Å². The molecule has 0 saturated carbocycles. The summed E-state index contributed by atoms with van der Waals surface area (Å²) in [6.45, 7) is 0.871. The minimum atomic E-state index is -0.372. The first-order chi connectivity index (χ1) is 9.66. The Balaban J connectivity index is 1.97. The Labute approximate surface area is 117 Å². The minimum absolute atomic E-state index is 0.202. The predicted molar refractivity (Wildman–Crippen MR) is 76.3 cm³/mol. The maximum Gasteiger partial charge on any atom is 0.220 e. The van der Waals surface area contributed by atoms with E-state index in [-0.39, 0.29) is 18.9 Å². The van der Waals surface area contributed by atoms with Crippen molar-refractivity contribution in [1.29, 1.82) is 0 Å². The SMILES string of the molecule is Cn1ccnc1CNc1ccccc1OCCC(N)=O. The highest BCUT2D eigenvalue weighted by atomic mass is 16.5. The van der Waals surface area contributed by atoms with E-state index in [0.717, 1.165) is 11.5 Å². The van der Waals surface area contributed by atoms with Crippen molar-refractivity contribution in [3.05, 3.63) is 42.5 Å². The first-order valence-corrected chi connectivity index (χ1v) is 6.37. The number of ether oxygens (including phenoxy) is 1. The maximum atomic E-state index is 10.7. The highest BCUT2D eigenvalue weighted by Crippen LogP contribution is 2.24. The molecule has 0 aliphatic rings. The molecule has 106 valence electrons. The van der Waals surface area contributed by atoms with Gasteiger partial charge in [0.25, 0.3) is 0 Å². The average molecular weight is 274 g/mol. The molecule has 2 rings (SSSR count). The highest BCUT2D eigenvalue weighted by molar-refractivity contribution is 5.73. The molecular weight excluding hydrogens is 256 g/mol. The molecule has 0 radical (unpaired) electrons. The van der Waals surface area contributed by atoms with Crippen LogP contribution in [0.25, 0.3) is 0 Å². The van der Waals surface area contributed by atoms with E-state index in [4.69, 9.17) is 10.5 Å². The van der Waals surface area contributed by atoms with Crippen molar-refractivity contribution in [3.8, 4) is 5.75 Å². The molecule has 0 fully saturated rings. The molecule has 0 saturated heterocycles. The third kappa shape index (κ3) is 3.74. The molecule has 0 aliphatic carbocycles. The lowest BCUT2D eigenvalue weighted by Gasteiger charge is -2.12. The van der Waals surface area contributed by atoms with Gasteiger partial charge in [-0.2, -0.15) is 0 Å². The van der Waals surface area contributed by atoms with E-state index in [2.05, 4.69) is 10.3 Å². The van der Waals surface area contributed by atoms with Gasteiger partial charge < -0.3 is 20.4 Å². The quantitative estimate of drug-likeness (QED) is 0.797. The van der Waals surface area contributed by atoms with Crippen molar-refractivity contribution in [2.75, 3.05) is 11.9 Å². The van der Waals surface area contributed by atoms with Crippen molar-refractivity contribution in [2.24, 2.45) is 12.8 Å². The summed E-state index contributed by atoms with van der Waals surface area (Å²) in [6, 6.07) is 7.57. The van der Waals surface area contributed by atoms with Crippen LogP contribution >= 0.6 is 0 Å². The third-order valence-corrected chi connectivity index (χ3v) is 2.85. The van der Waals surface area contributed by atoms with Gasteiger partial charge in [-0.3, -0.25) is 4.79 Å². The van der Waals surface area contributed by atoms with Crippen molar-refractivity contribution in [2.45, 2.75) is 13.0 Å². The number of carbonyl (C=O) groups excluding carboxylic acids is 1. The molecule has 0 aliphatic heterocycles. The number of aromatic nitrogens is 2. The Hall–Kier alpha value is -2.50. The van der Waals surface area contributed by atoms with Crippen LogP contribution in [0.2, 0.25) is 0 Å². The topological polar surface area (TPSA) is 82.2 Å². The number of nitrogens with zero attached hydrogens (tertiary/aromatic N) is 2. The van der Waals surface area contributed by atoms with Gasteiger partial charge in [-0.1, -0.05) is 12.1 Å². The van der Waals surface area contributed by atoms with Gasteiger partial charge in [0.15, 0.2) is 0 Å². The molecule has 0 spiro atoms. The van der Waals surface area contributed by atoms with Crippen LogP contribution in [0.3, 0.4) is 0 Å². The van der Waals surface area contributed by atoms with Crippen molar-refractivity contribution in [1.82, 2.24) is 9.55 Å². The van der Waals surface area contributed by atoms with Gasteiger partial charge in [-0.25, -0.2) is 4.98 Å². The molecule has 1 aromatic heterocycles. The normalized spacial score (nSPS) is 10.2. The van der Waals surface area contributed by atoms with Gasteiger partial charge in [-0.05, 0) is 12.1 Å². The number of para-hydroxylation sites is 2. The van der Waals surface area contributed by atoms with E-state index >= 15 is 0 Å². The maximum absolute atomic E-state index is 10.7. The lowest BCUT2D eigenvalue weighted by Crippen LogP contribution is -2.15. The fraction of sp³-hybridized carbons (Fsp3) is 0.286. The summed E-state index contributed by atoms with van der Waals surface area (Å²) in [5.41, 5.74) is 5.95. The Bertz CT molecular complexity index is 580. The van der Waals surface area contributed by atoms with E-state index < -0.39 is 0 Å². The number of hydrogen-bond donors (Lipinski definition) is 2. The fourth-order valence-corrected chi connectivity index (χ4v) is 1.74. The van der Waals surface area contributed by atoms with Crippen molar-refractivity contribution < 1.29 is 9.53 Å². The Morgan fingerprint density at radius 1 is 1.45 bits per heavy atom. The summed E-state index contributed by atoms with van der Waals surface area (Å²) < 4.78 is 7.51. The molecule has 0 unspecified atom stereocenters. The molecule has 0 atom stereocenters. The number of rotatable bonds is 7. The summed E-state index contributed by atoms with van der Waals surface area (Å²) in [5, 5.41) is 3.27. The van der Waals surface area contributed by atoms with Crippen LogP contribution in [-0.4, -0.2) is 22.1 Å². The molecule has 1 heterocycles. The first kappa shape index (κ1) is 13.9. The number of benzene rings is 1. The van der Waals surface area contributed by atoms with Gasteiger partial charge in [0, 0.05) is 19.4 Å². The zero-order valence-electron chi connectivity index (χ0n) is 11.4. The summed E-state index contributed by atoms with van der Waals surface area (Å²) in [7, 11) is 1.94. The van der Waals surface area contributed by atoms with Gasteiger partial charge in [0.2, 0.25) is 5.91 Å². The monoisotopic (exact) mass is 274 g/mol. The number of nitrogens with two attached hydrogens (primary N) is 1. The number of aryl methyl sites for hydroxylation is 1. The standard InChI is InChI=1S/C14H18N4O2/c1-18-8-7-16-14(18)10-17-11-4-2-3-5-12(11)20-9-6-13(15)19/h2-5,7-8,17H,6,9-10H2,1H3,(H2,15,19). The van der Waals surface area contributed by atoms with Crippen molar-refractivity contribution in [3.63, 3.8) is 0 Å². The minimum Gasteiger partial charge on any atom is -0.491 e. The summed E-state index contributed by atoms with van der Waals surface area (Å²) in [5.74, 6) is 1.25. The van der Waals surface area contributed by atoms with Gasteiger partial charge in [0.05, 0.1) is 25.3 Å². The number of anilines is 1. The van der Waals surface area contributed by atoms with Gasteiger partial charge in [0.1, 0.15) is 11.6 Å². The second kappa shape index (κ2) is 6.60. The zero-order chi connectivity index (χ0) is 14.4. The Kier molecular flexibility index (Phi) is 4.60. The summed E-state index contributed by atoms with van der Waals surface area (Å²) in [6.07, 6.45) is 3.85. The zero-order valence-corrected chi connectivity index (χ0v) is 11.4. The molecule has 6 nitrogen and oxygen atoms in total. The average Bonchev–Trinajstić information content (AvgIpc) is 2.83.